The molecule has 2 fully saturated rings. The molecule has 1 spiro atoms. The molecule has 0 radical (unpaired) electrons. The normalized spacial score (nSPS) is 26.7. The third-order valence-electron chi connectivity index (χ3n) is 9.40. The van der Waals surface area contributed by atoms with Gasteiger partial charge in [0, 0.05) is 63.6 Å². The van der Waals surface area contributed by atoms with Crippen molar-refractivity contribution in [2.24, 2.45) is 11.7 Å². The van der Waals surface area contributed by atoms with Crippen LogP contribution in [0.1, 0.15) is 50.7 Å². The highest BCUT2D eigenvalue weighted by molar-refractivity contribution is 5.89. The van der Waals surface area contributed by atoms with Crippen LogP contribution >= 0.6 is 0 Å². The third-order valence-corrected chi connectivity index (χ3v) is 9.40. The lowest BCUT2D eigenvalue weighted by Crippen LogP contribution is -2.81. The fourth-order valence-electron chi connectivity index (χ4n) is 7.38. The Labute approximate surface area is 245 Å². The molecule has 13 heteroatoms. The number of likely N-dealkylation sites (tertiary alicyclic amines) is 1. The highest BCUT2D eigenvalue weighted by Gasteiger charge is 2.75. The number of likely N-dealkylation sites (N-methyl/N-ethyl adjacent to an activating group) is 2. The summed E-state index contributed by atoms with van der Waals surface area (Å²) < 4.78 is 12.2. The summed E-state index contributed by atoms with van der Waals surface area (Å²) in [5, 5.41) is 15.3. The molecule has 228 valence electrons. The molecule has 2 aliphatic carbocycles. The first kappa shape index (κ1) is 29.6. The van der Waals surface area contributed by atoms with Gasteiger partial charge in [-0.05, 0) is 44.4 Å². The van der Waals surface area contributed by atoms with E-state index in [2.05, 4.69) is 27.9 Å². The van der Waals surface area contributed by atoms with E-state index in [9.17, 15) is 19.2 Å². The molecular formula is C29H41N7O6. The monoisotopic (exact) mass is 583 g/mol. The lowest BCUT2D eigenvalue weighted by Gasteiger charge is -2.72. The molecule has 1 saturated carbocycles. The zero-order chi connectivity index (χ0) is 30.3. The molecule has 42 heavy (non-hydrogen) atoms. The fraction of sp³-hybridized carbons (Fsp3) is 0.621. The van der Waals surface area contributed by atoms with Gasteiger partial charge in [0.25, 0.3) is 0 Å². The Morgan fingerprint density at radius 2 is 2.00 bits per heavy atom. The van der Waals surface area contributed by atoms with Crippen LogP contribution in [0.2, 0.25) is 0 Å². The van der Waals surface area contributed by atoms with Crippen molar-refractivity contribution < 1.29 is 28.7 Å². The van der Waals surface area contributed by atoms with Crippen LogP contribution in [0.4, 0.5) is 4.79 Å². The van der Waals surface area contributed by atoms with Crippen molar-refractivity contribution in [3.05, 3.63) is 23.3 Å². The minimum atomic E-state index is -0.752. The second kappa shape index (κ2) is 11.4. The Balaban J connectivity index is 1.20. The van der Waals surface area contributed by atoms with Gasteiger partial charge in [-0.15, -0.1) is 0 Å². The average Bonchev–Trinajstić information content (AvgIpc) is 3.30. The fourth-order valence-corrected chi connectivity index (χ4v) is 7.38. The second-order valence-electron chi connectivity index (χ2n) is 11.8. The van der Waals surface area contributed by atoms with Gasteiger partial charge in [-0.2, -0.15) is 0 Å². The maximum absolute atomic E-state index is 13.1. The number of rotatable bonds is 12. The SMILES string of the molecule is CCC(=O)[C@@H]1Oc2c(OC(=O)N(C)CCNC(=O)[C@@H](CCCNC(=N)N)NC(C)=O)ccc3c2[C@@]12C[C@H]1[C@H]2[C@@H](C3)N1C. The molecule has 6 atom stereocenters. The van der Waals surface area contributed by atoms with Gasteiger partial charge in [0.2, 0.25) is 11.8 Å². The number of ether oxygens (including phenoxy) is 2. The van der Waals surface area contributed by atoms with Crippen molar-refractivity contribution >= 4 is 29.7 Å². The van der Waals surface area contributed by atoms with E-state index < -0.39 is 18.2 Å². The minimum absolute atomic E-state index is 0.0728. The number of hydrogen-bond donors (Lipinski definition) is 5. The van der Waals surface area contributed by atoms with Gasteiger partial charge < -0.3 is 36.1 Å². The highest BCUT2D eigenvalue weighted by atomic mass is 16.6. The van der Waals surface area contributed by atoms with Crippen LogP contribution in [0.15, 0.2) is 12.1 Å². The number of piperidine rings is 1. The van der Waals surface area contributed by atoms with Crippen LogP contribution in [-0.2, 0) is 26.2 Å². The van der Waals surface area contributed by atoms with E-state index in [1.54, 1.807) is 13.1 Å². The molecule has 0 aromatic heterocycles. The molecule has 5 rings (SSSR count). The molecule has 1 aromatic carbocycles. The van der Waals surface area contributed by atoms with Gasteiger partial charge in [-0.25, -0.2) is 4.79 Å². The van der Waals surface area contributed by atoms with Gasteiger partial charge in [-0.1, -0.05) is 13.0 Å². The van der Waals surface area contributed by atoms with Crippen molar-refractivity contribution in [2.45, 2.75) is 75.6 Å². The molecular weight excluding hydrogens is 542 g/mol. The average molecular weight is 584 g/mol. The van der Waals surface area contributed by atoms with E-state index in [0.717, 1.165) is 24.0 Å². The minimum Gasteiger partial charge on any atom is -0.477 e. The van der Waals surface area contributed by atoms with Crippen LogP contribution in [0.3, 0.4) is 0 Å². The van der Waals surface area contributed by atoms with Crippen molar-refractivity contribution in [3.63, 3.8) is 0 Å². The summed E-state index contributed by atoms with van der Waals surface area (Å²) in [4.78, 5) is 54.2. The number of guanidine groups is 1. The van der Waals surface area contributed by atoms with E-state index in [0.29, 0.717) is 55.3 Å². The number of benzene rings is 1. The summed E-state index contributed by atoms with van der Waals surface area (Å²) in [6.07, 6.45) is 1.84. The first-order valence-corrected chi connectivity index (χ1v) is 14.6. The zero-order valence-corrected chi connectivity index (χ0v) is 24.6. The van der Waals surface area contributed by atoms with Crippen LogP contribution in [0.5, 0.6) is 11.5 Å². The second-order valence-corrected chi connectivity index (χ2v) is 11.8. The number of nitrogens with two attached hydrogens (primary N) is 1. The molecule has 2 heterocycles. The lowest BCUT2D eigenvalue weighted by molar-refractivity contribution is -0.194. The predicted octanol–water partition coefficient (Wildman–Crippen LogP) is 0.238. The van der Waals surface area contributed by atoms with Crippen molar-refractivity contribution in [3.8, 4) is 11.5 Å². The maximum Gasteiger partial charge on any atom is 0.415 e. The number of hydrogen-bond acceptors (Lipinski definition) is 8. The molecule has 6 N–H and O–H groups in total. The number of ketones is 1. The summed E-state index contributed by atoms with van der Waals surface area (Å²) in [6.45, 7) is 3.91. The van der Waals surface area contributed by atoms with E-state index >= 15 is 0 Å². The van der Waals surface area contributed by atoms with Gasteiger partial charge in [-0.3, -0.25) is 24.7 Å². The Kier molecular flexibility index (Phi) is 8.06. The summed E-state index contributed by atoms with van der Waals surface area (Å²) in [5.41, 5.74) is 7.13. The molecule has 13 nitrogen and oxygen atoms in total. The summed E-state index contributed by atoms with van der Waals surface area (Å²) in [5.74, 6) is 0.397. The Hall–Kier alpha value is -3.87. The molecule has 0 bridgehead atoms. The van der Waals surface area contributed by atoms with Crippen molar-refractivity contribution in [1.82, 2.24) is 25.8 Å². The van der Waals surface area contributed by atoms with Gasteiger partial charge in [0.05, 0.1) is 5.41 Å². The van der Waals surface area contributed by atoms with Gasteiger partial charge in [0.15, 0.2) is 29.3 Å². The number of amides is 3. The van der Waals surface area contributed by atoms with E-state index in [-0.39, 0.29) is 42.1 Å². The first-order valence-electron chi connectivity index (χ1n) is 14.6. The zero-order valence-electron chi connectivity index (χ0n) is 24.6. The van der Waals surface area contributed by atoms with E-state index in [1.807, 2.05) is 13.0 Å². The smallest absolute Gasteiger partial charge is 0.415 e. The van der Waals surface area contributed by atoms with Crippen molar-refractivity contribution in [2.75, 3.05) is 33.7 Å². The molecule has 4 aliphatic rings. The Bertz CT molecular complexity index is 1300. The Morgan fingerprint density at radius 3 is 2.69 bits per heavy atom. The number of nitrogens with zero attached hydrogens (tertiary/aromatic N) is 2. The van der Waals surface area contributed by atoms with Crippen LogP contribution in [-0.4, -0.2) is 97.4 Å². The largest absolute Gasteiger partial charge is 0.477 e. The van der Waals surface area contributed by atoms with E-state index in [1.165, 1.54) is 11.8 Å². The van der Waals surface area contributed by atoms with Crippen LogP contribution < -0.4 is 31.2 Å². The molecule has 2 aliphatic heterocycles. The summed E-state index contributed by atoms with van der Waals surface area (Å²) >= 11 is 0. The number of carbonyl (C=O) groups is 4. The highest BCUT2D eigenvalue weighted by Crippen LogP contribution is 2.70. The van der Waals surface area contributed by atoms with Crippen LogP contribution in [0, 0.1) is 11.3 Å². The van der Waals surface area contributed by atoms with E-state index in [4.69, 9.17) is 20.6 Å². The van der Waals surface area contributed by atoms with Crippen LogP contribution in [0.25, 0.3) is 0 Å². The lowest BCUT2D eigenvalue weighted by atomic mass is 9.41. The van der Waals surface area contributed by atoms with Gasteiger partial charge in [0.1, 0.15) is 6.04 Å². The number of carbonyl (C=O) groups excluding carboxylic acids is 4. The molecule has 1 aromatic rings. The number of nitrogens with one attached hydrogen (secondary N) is 4. The third kappa shape index (κ3) is 4.93. The standard InChI is InChI=1S/C29H41N7O6/c1-5-20(38)25-29-14-19-23(29)18(36(19)4)13-16-8-9-21(24(42-25)22(16)29)41-28(40)35(3)12-11-32-26(39)17(34-15(2)37)7-6-10-33-27(30)31/h8-9,17-19,23,25H,5-7,10-14H2,1-4H3,(H,32,39)(H,34,37)(H4,30,31,33)/t17-,18-,19+,23-,25+,29-/m1/s1. The van der Waals surface area contributed by atoms with Crippen molar-refractivity contribution in [1.29, 1.82) is 5.41 Å². The Morgan fingerprint density at radius 1 is 1.24 bits per heavy atom. The summed E-state index contributed by atoms with van der Waals surface area (Å²) in [6, 6.07) is 3.85. The topological polar surface area (TPSA) is 179 Å². The molecule has 3 amide bonds. The molecule has 0 unspecified atom stereocenters. The maximum atomic E-state index is 13.1. The van der Waals surface area contributed by atoms with Gasteiger partial charge >= 0.3 is 6.09 Å². The number of Topliss-reactive ketones (excluding diaryl/α,β-unsaturated/α-hetero) is 1. The molecule has 1 saturated heterocycles. The quantitative estimate of drug-likeness (QED) is 0.131. The first-order chi connectivity index (χ1) is 20.0. The predicted molar refractivity (Wildman–Crippen MR) is 153 cm³/mol. The summed E-state index contributed by atoms with van der Waals surface area (Å²) in [7, 11) is 3.72.